The Morgan fingerprint density at radius 1 is 1.12 bits per heavy atom. The molecule has 3 aromatic rings. The van der Waals surface area contributed by atoms with Crippen molar-refractivity contribution in [1.82, 2.24) is 20.2 Å². The Morgan fingerprint density at radius 3 is 2.50 bits per heavy atom. The summed E-state index contributed by atoms with van der Waals surface area (Å²) in [5.41, 5.74) is 0.857. The van der Waals surface area contributed by atoms with E-state index in [-0.39, 0.29) is 28.7 Å². The molecule has 0 unspecified atom stereocenters. The predicted octanol–water partition coefficient (Wildman–Crippen LogP) is 2.97. The zero-order valence-electron chi connectivity index (χ0n) is 17.0. The van der Waals surface area contributed by atoms with Gasteiger partial charge in [0.1, 0.15) is 5.69 Å². The van der Waals surface area contributed by atoms with E-state index in [0.29, 0.717) is 43.4 Å². The minimum atomic E-state index is -1.56. The van der Waals surface area contributed by atoms with Crippen LogP contribution in [0.3, 0.4) is 0 Å². The van der Waals surface area contributed by atoms with Crippen molar-refractivity contribution in [3.05, 3.63) is 53.6 Å². The van der Waals surface area contributed by atoms with Crippen molar-refractivity contribution in [2.24, 2.45) is 0 Å². The molecule has 4 rings (SSSR count). The van der Waals surface area contributed by atoms with Crippen LogP contribution in [0.2, 0.25) is 0 Å². The number of halogens is 2. The summed E-state index contributed by atoms with van der Waals surface area (Å²) in [6.07, 6.45) is 1.06. The molecule has 32 heavy (non-hydrogen) atoms. The summed E-state index contributed by atoms with van der Waals surface area (Å²) in [6.45, 7) is 3.55. The highest BCUT2D eigenvalue weighted by molar-refractivity contribution is 5.99. The molecule has 0 bridgehead atoms. The van der Waals surface area contributed by atoms with Crippen LogP contribution in [-0.2, 0) is 4.74 Å². The molecule has 1 fully saturated rings. The van der Waals surface area contributed by atoms with Gasteiger partial charge in [-0.15, -0.1) is 10.2 Å². The number of morpholine rings is 1. The van der Waals surface area contributed by atoms with Gasteiger partial charge in [-0.1, -0.05) is 12.1 Å². The number of nitrogens with zero attached hydrogens (tertiary/aromatic N) is 5. The number of anilines is 3. The molecule has 1 N–H and O–H groups in total. The fraction of sp³-hybridized carbons (Fsp3) is 0.238. The second kappa shape index (κ2) is 9.10. The number of ether oxygens (including phenoxy) is 1. The van der Waals surface area contributed by atoms with Crippen LogP contribution < -0.4 is 10.2 Å². The number of aromatic nitrogens is 4. The molecule has 2 aromatic heterocycles. The second-order valence-electron chi connectivity index (χ2n) is 6.99. The monoisotopic (exact) mass is 440 g/mol. The maximum absolute atomic E-state index is 14.4. The molecule has 0 atom stereocenters. The van der Waals surface area contributed by atoms with Gasteiger partial charge in [0.25, 0.3) is 0 Å². The molecular formula is C21H18F2N6O3. The van der Waals surface area contributed by atoms with E-state index in [1.54, 1.807) is 0 Å². The Bertz CT molecular complexity index is 1170. The molecule has 164 valence electrons. The van der Waals surface area contributed by atoms with E-state index >= 15 is 0 Å². The van der Waals surface area contributed by atoms with Crippen LogP contribution in [0, 0.1) is 5.82 Å². The maximum atomic E-state index is 14.4. The summed E-state index contributed by atoms with van der Waals surface area (Å²) >= 11 is 0. The number of ketones is 1. The van der Waals surface area contributed by atoms with E-state index in [1.165, 1.54) is 37.3 Å². The third kappa shape index (κ3) is 4.57. The van der Waals surface area contributed by atoms with E-state index in [1.807, 2.05) is 4.90 Å². The zero-order valence-corrected chi connectivity index (χ0v) is 17.0. The van der Waals surface area contributed by atoms with Gasteiger partial charge in [0, 0.05) is 25.6 Å². The molecule has 1 saturated heterocycles. The van der Waals surface area contributed by atoms with Gasteiger partial charge < -0.3 is 15.0 Å². The Hall–Kier alpha value is -3.86. The minimum absolute atomic E-state index is 0.0760. The molecule has 0 radical (unpaired) electrons. The smallest absolute Gasteiger partial charge is 0.332 e. The van der Waals surface area contributed by atoms with Crippen LogP contribution in [0.5, 0.6) is 0 Å². The lowest BCUT2D eigenvalue weighted by Gasteiger charge is -2.26. The van der Waals surface area contributed by atoms with E-state index in [0.717, 1.165) is 6.20 Å². The lowest BCUT2D eigenvalue weighted by Crippen LogP contribution is -2.37. The summed E-state index contributed by atoms with van der Waals surface area (Å²) < 4.78 is 32.6. The van der Waals surface area contributed by atoms with Gasteiger partial charge in [0.2, 0.25) is 5.95 Å². The summed E-state index contributed by atoms with van der Waals surface area (Å²) in [6, 6.07) is 5.52. The molecular weight excluding hydrogens is 422 g/mol. The van der Waals surface area contributed by atoms with Gasteiger partial charge in [-0.3, -0.25) is 9.59 Å². The van der Waals surface area contributed by atoms with Gasteiger partial charge in [-0.2, -0.15) is 9.37 Å². The third-order valence-corrected chi connectivity index (χ3v) is 4.82. The number of nitrogens with one attached hydrogen (secondary N) is 1. The molecule has 1 aromatic carbocycles. The number of carbonyl (C=O) groups is 2. The molecule has 3 heterocycles. The number of hydrogen-bond acceptors (Lipinski definition) is 9. The standard InChI is InChI=1S/C21H18F2N6O3/c1-12(30)18-15(13-2-4-14(5-3-13)19(23)31)10-17(27-28-18)25-20-16(22)11-24-21(26-20)29-6-8-32-9-7-29/h2-5,10-11H,6-9H2,1H3,(H,24,25,26,27). The molecule has 9 nitrogen and oxygen atoms in total. The highest BCUT2D eigenvalue weighted by Crippen LogP contribution is 2.27. The van der Waals surface area contributed by atoms with Crippen molar-refractivity contribution in [2.45, 2.75) is 6.92 Å². The number of benzene rings is 1. The van der Waals surface area contributed by atoms with E-state index in [4.69, 9.17) is 4.74 Å². The van der Waals surface area contributed by atoms with Gasteiger partial charge in [-0.25, -0.2) is 9.37 Å². The van der Waals surface area contributed by atoms with E-state index in [2.05, 4.69) is 25.5 Å². The number of Topliss-reactive ketones (excluding diaryl/α,β-unsaturated/α-hetero) is 1. The highest BCUT2D eigenvalue weighted by Gasteiger charge is 2.18. The summed E-state index contributed by atoms with van der Waals surface area (Å²) in [7, 11) is 0. The first kappa shape index (κ1) is 21.4. The van der Waals surface area contributed by atoms with Gasteiger partial charge in [0.05, 0.1) is 25.0 Å². The minimum Gasteiger partial charge on any atom is -0.378 e. The SMILES string of the molecule is CC(=O)c1nnc(Nc2nc(N3CCOCC3)ncc2F)cc1-c1ccc(C(=O)F)cc1. The van der Waals surface area contributed by atoms with Crippen molar-refractivity contribution < 1.29 is 23.1 Å². The first-order valence-electron chi connectivity index (χ1n) is 9.73. The Labute approximate surface area is 181 Å². The number of rotatable bonds is 6. The average Bonchev–Trinajstić information content (AvgIpc) is 2.81. The Balaban J connectivity index is 1.67. The first-order valence-corrected chi connectivity index (χ1v) is 9.73. The molecule has 0 spiro atoms. The zero-order chi connectivity index (χ0) is 22.7. The predicted molar refractivity (Wildman–Crippen MR) is 111 cm³/mol. The Kier molecular flexibility index (Phi) is 6.08. The fourth-order valence-electron chi connectivity index (χ4n) is 3.20. The quantitative estimate of drug-likeness (QED) is 0.457. The molecule has 1 aliphatic rings. The second-order valence-corrected chi connectivity index (χ2v) is 6.99. The fourth-order valence-corrected chi connectivity index (χ4v) is 3.20. The van der Waals surface area contributed by atoms with Crippen molar-refractivity contribution >= 4 is 29.4 Å². The highest BCUT2D eigenvalue weighted by atomic mass is 19.1. The third-order valence-electron chi connectivity index (χ3n) is 4.82. The molecule has 0 saturated carbocycles. The van der Waals surface area contributed by atoms with Crippen LogP contribution in [0.15, 0.2) is 36.5 Å². The number of hydrogen-bond donors (Lipinski definition) is 1. The summed E-state index contributed by atoms with van der Waals surface area (Å²) in [5.74, 6) is -0.645. The Morgan fingerprint density at radius 2 is 1.84 bits per heavy atom. The maximum Gasteiger partial charge on any atom is 0.332 e. The van der Waals surface area contributed by atoms with Crippen molar-refractivity contribution in [3.63, 3.8) is 0 Å². The lowest BCUT2D eigenvalue weighted by molar-refractivity contribution is 0.0835. The first-order chi connectivity index (χ1) is 15.4. The number of carbonyl (C=O) groups excluding carboxylic acids is 2. The van der Waals surface area contributed by atoms with Gasteiger partial charge in [-0.05, 0) is 23.8 Å². The van der Waals surface area contributed by atoms with Crippen LogP contribution in [-0.4, -0.2) is 58.3 Å². The molecule has 0 amide bonds. The van der Waals surface area contributed by atoms with Crippen LogP contribution in [0.25, 0.3) is 11.1 Å². The summed E-state index contributed by atoms with van der Waals surface area (Å²) in [4.78, 5) is 33.1. The van der Waals surface area contributed by atoms with Crippen molar-refractivity contribution in [3.8, 4) is 11.1 Å². The van der Waals surface area contributed by atoms with Crippen molar-refractivity contribution in [2.75, 3.05) is 36.5 Å². The molecule has 11 heteroatoms. The van der Waals surface area contributed by atoms with Crippen LogP contribution >= 0.6 is 0 Å². The molecule has 1 aliphatic heterocycles. The van der Waals surface area contributed by atoms with Crippen molar-refractivity contribution in [1.29, 1.82) is 0 Å². The van der Waals surface area contributed by atoms with E-state index in [9.17, 15) is 18.4 Å². The molecule has 0 aliphatic carbocycles. The largest absolute Gasteiger partial charge is 0.378 e. The van der Waals surface area contributed by atoms with E-state index < -0.39 is 11.9 Å². The normalized spacial score (nSPS) is 13.7. The van der Waals surface area contributed by atoms with Crippen LogP contribution in [0.1, 0.15) is 27.8 Å². The topological polar surface area (TPSA) is 110 Å². The van der Waals surface area contributed by atoms with Gasteiger partial charge >= 0.3 is 6.04 Å². The lowest BCUT2D eigenvalue weighted by atomic mass is 10.0. The van der Waals surface area contributed by atoms with Gasteiger partial charge in [0.15, 0.2) is 23.2 Å². The summed E-state index contributed by atoms with van der Waals surface area (Å²) in [5, 5.41) is 10.7. The van der Waals surface area contributed by atoms with Crippen LogP contribution in [0.4, 0.5) is 26.4 Å². The average molecular weight is 440 g/mol.